The molecule has 0 fully saturated rings. The van der Waals surface area contributed by atoms with Gasteiger partial charge in [-0.25, -0.2) is 4.79 Å². The number of ether oxygens (including phenoxy) is 2. The average molecular weight is 256 g/mol. The van der Waals surface area contributed by atoms with Crippen molar-refractivity contribution in [1.82, 2.24) is 9.13 Å². The summed E-state index contributed by atoms with van der Waals surface area (Å²) in [6, 6.07) is 0. The lowest BCUT2D eigenvalue weighted by Crippen LogP contribution is -2.26. The molecule has 18 heavy (non-hydrogen) atoms. The SMILES string of the molecule is CCCCOCn1ccn(COCCCC)c1=O. The molecular formula is C13H24N2O3. The molecule has 0 aliphatic heterocycles. The molecule has 0 amide bonds. The van der Waals surface area contributed by atoms with Gasteiger partial charge in [0, 0.05) is 25.6 Å². The first-order chi connectivity index (χ1) is 8.79. The molecule has 0 unspecified atom stereocenters. The van der Waals surface area contributed by atoms with Crippen molar-refractivity contribution < 1.29 is 9.47 Å². The number of nitrogens with zero attached hydrogens (tertiary/aromatic N) is 2. The van der Waals surface area contributed by atoms with Gasteiger partial charge < -0.3 is 9.47 Å². The van der Waals surface area contributed by atoms with Gasteiger partial charge in [-0.15, -0.1) is 0 Å². The first kappa shape index (κ1) is 15.0. The topological polar surface area (TPSA) is 45.4 Å². The van der Waals surface area contributed by atoms with E-state index in [1.54, 1.807) is 21.5 Å². The highest BCUT2D eigenvalue weighted by Crippen LogP contribution is 1.93. The lowest BCUT2D eigenvalue weighted by atomic mass is 10.4. The van der Waals surface area contributed by atoms with E-state index in [2.05, 4.69) is 13.8 Å². The standard InChI is InChI=1S/C13H24N2O3/c1-3-5-9-17-11-14-7-8-15(13(14)16)12-18-10-6-4-2/h7-8H,3-6,9-12H2,1-2H3. The number of aromatic nitrogens is 2. The molecule has 0 N–H and O–H groups in total. The summed E-state index contributed by atoms with van der Waals surface area (Å²) in [6.07, 6.45) is 7.71. The monoisotopic (exact) mass is 256 g/mol. The van der Waals surface area contributed by atoms with Crippen LogP contribution >= 0.6 is 0 Å². The molecule has 0 aromatic carbocycles. The van der Waals surface area contributed by atoms with Crippen molar-refractivity contribution in [3.05, 3.63) is 22.9 Å². The first-order valence-corrected chi connectivity index (χ1v) is 6.70. The van der Waals surface area contributed by atoms with Gasteiger partial charge in [-0.3, -0.25) is 9.13 Å². The van der Waals surface area contributed by atoms with Crippen LogP contribution in [0.4, 0.5) is 0 Å². The fraction of sp³-hybridized carbons (Fsp3) is 0.769. The molecule has 0 radical (unpaired) electrons. The lowest BCUT2D eigenvalue weighted by molar-refractivity contribution is 0.0618. The Balaban J connectivity index is 2.33. The van der Waals surface area contributed by atoms with Crippen LogP contribution in [0.2, 0.25) is 0 Å². The lowest BCUT2D eigenvalue weighted by Gasteiger charge is -2.04. The molecule has 5 heteroatoms. The van der Waals surface area contributed by atoms with Crippen LogP contribution in [0.3, 0.4) is 0 Å². The Kier molecular flexibility index (Phi) is 7.44. The molecule has 0 atom stereocenters. The van der Waals surface area contributed by atoms with Crippen molar-refractivity contribution in [2.24, 2.45) is 0 Å². The van der Waals surface area contributed by atoms with Gasteiger partial charge in [0.2, 0.25) is 0 Å². The second-order valence-electron chi connectivity index (χ2n) is 4.30. The van der Waals surface area contributed by atoms with E-state index in [0.717, 1.165) is 25.7 Å². The Morgan fingerprint density at radius 3 is 1.78 bits per heavy atom. The molecule has 104 valence electrons. The minimum Gasteiger partial charge on any atom is -0.361 e. The second kappa shape index (κ2) is 8.94. The third kappa shape index (κ3) is 5.06. The van der Waals surface area contributed by atoms with Crippen LogP contribution < -0.4 is 5.69 Å². The number of hydrogen-bond acceptors (Lipinski definition) is 3. The van der Waals surface area contributed by atoms with Crippen LogP contribution in [-0.4, -0.2) is 22.3 Å². The van der Waals surface area contributed by atoms with Gasteiger partial charge in [0.15, 0.2) is 0 Å². The van der Waals surface area contributed by atoms with Crippen LogP contribution in [0, 0.1) is 0 Å². The molecule has 0 spiro atoms. The van der Waals surface area contributed by atoms with E-state index in [-0.39, 0.29) is 5.69 Å². The van der Waals surface area contributed by atoms with E-state index in [9.17, 15) is 4.79 Å². The number of hydrogen-bond donors (Lipinski definition) is 0. The third-order valence-corrected chi connectivity index (χ3v) is 2.66. The van der Waals surface area contributed by atoms with Gasteiger partial charge in [0.05, 0.1) is 0 Å². The Morgan fingerprint density at radius 1 is 0.944 bits per heavy atom. The maximum atomic E-state index is 11.9. The zero-order chi connectivity index (χ0) is 13.2. The number of unbranched alkanes of at least 4 members (excludes halogenated alkanes) is 2. The van der Waals surface area contributed by atoms with Gasteiger partial charge >= 0.3 is 5.69 Å². The van der Waals surface area contributed by atoms with Crippen LogP contribution in [0.15, 0.2) is 17.2 Å². The summed E-state index contributed by atoms with van der Waals surface area (Å²) in [6.45, 7) is 6.25. The maximum Gasteiger partial charge on any atom is 0.331 e. The van der Waals surface area contributed by atoms with Crippen molar-refractivity contribution in [1.29, 1.82) is 0 Å². The normalized spacial score (nSPS) is 11.0. The highest BCUT2D eigenvalue weighted by atomic mass is 16.5. The summed E-state index contributed by atoms with van der Waals surface area (Å²) in [4.78, 5) is 11.9. The average Bonchev–Trinajstić information content (AvgIpc) is 2.72. The van der Waals surface area contributed by atoms with E-state index >= 15 is 0 Å². The third-order valence-electron chi connectivity index (χ3n) is 2.66. The van der Waals surface area contributed by atoms with E-state index in [0.29, 0.717) is 26.7 Å². The van der Waals surface area contributed by atoms with E-state index in [1.807, 2.05) is 0 Å². The van der Waals surface area contributed by atoms with Crippen LogP contribution in [0.1, 0.15) is 39.5 Å². The zero-order valence-corrected chi connectivity index (χ0v) is 11.4. The Hall–Kier alpha value is -1.07. The van der Waals surface area contributed by atoms with E-state index in [1.165, 1.54) is 0 Å². The predicted molar refractivity (Wildman–Crippen MR) is 70.4 cm³/mol. The Bertz CT molecular complexity index is 338. The summed E-state index contributed by atoms with van der Waals surface area (Å²) in [5.41, 5.74) is -0.0806. The minimum absolute atomic E-state index is 0.0806. The summed E-state index contributed by atoms with van der Waals surface area (Å²) >= 11 is 0. The summed E-state index contributed by atoms with van der Waals surface area (Å²) in [5.74, 6) is 0. The van der Waals surface area contributed by atoms with Crippen molar-refractivity contribution in [2.45, 2.75) is 53.0 Å². The predicted octanol–water partition coefficient (Wildman–Crippen LogP) is 2.20. The second-order valence-corrected chi connectivity index (χ2v) is 4.30. The number of imidazole rings is 1. The van der Waals surface area contributed by atoms with Gasteiger partial charge in [0.25, 0.3) is 0 Å². The highest BCUT2D eigenvalue weighted by Gasteiger charge is 2.02. The Labute approximate surface area is 108 Å². The minimum atomic E-state index is -0.0806. The molecule has 0 bridgehead atoms. The van der Waals surface area contributed by atoms with Gasteiger partial charge in [0.1, 0.15) is 13.5 Å². The molecule has 1 aromatic rings. The van der Waals surface area contributed by atoms with Crippen molar-refractivity contribution in [2.75, 3.05) is 13.2 Å². The highest BCUT2D eigenvalue weighted by molar-refractivity contribution is 4.79. The molecule has 5 nitrogen and oxygen atoms in total. The fourth-order valence-corrected chi connectivity index (χ4v) is 1.47. The number of rotatable bonds is 10. The van der Waals surface area contributed by atoms with Crippen LogP contribution in [0.25, 0.3) is 0 Å². The molecule has 1 aromatic heterocycles. The van der Waals surface area contributed by atoms with Crippen LogP contribution in [-0.2, 0) is 22.9 Å². The molecule has 1 heterocycles. The van der Waals surface area contributed by atoms with Crippen LogP contribution in [0.5, 0.6) is 0 Å². The van der Waals surface area contributed by atoms with Crippen molar-refractivity contribution in [3.63, 3.8) is 0 Å². The molecule has 0 saturated carbocycles. The summed E-state index contributed by atoms with van der Waals surface area (Å²) < 4.78 is 13.9. The summed E-state index contributed by atoms with van der Waals surface area (Å²) in [5, 5.41) is 0. The zero-order valence-electron chi connectivity index (χ0n) is 11.4. The Morgan fingerprint density at radius 2 is 1.39 bits per heavy atom. The molecule has 0 aliphatic carbocycles. The van der Waals surface area contributed by atoms with Gasteiger partial charge in [-0.1, -0.05) is 26.7 Å². The summed E-state index contributed by atoms with van der Waals surface area (Å²) in [7, 11) is 0. The largest absolute Gasteiger partial charge is 0.361 e. The molecule has 0 saturated heterocycles. The molecule has 0 aliphatic rings. The molecule has 1 rings (SSSR count). The van der Waals surface area contributed by atoms with Gasteiger partial charge in [-0.2, -0.15) is 0 Å². The van der Waals surface area contributed by atoms with E-state index in [4.69, 9.17) is 9.47 Å². The smallest absolute Gasteiger partial charge is 0.331 e. The fourth-order valence-electron chi connectivity index (χ4n) is 1.47. The van der Waals surface area contributed by atoms with E-state index < -0.39 is 0 Å². The first-order valence-electron chi connectivity index (χ1n) is 6.70. The van der Waals surface area contributed by atoms with Crippen molar-refractivity contribution >= 4 is 0 Å². The maximum absolute atomic E-state index is 11.9. The molecular weight excluding hydrogens is 232 g/mol. The quantitative estimate of drug-likeness (QED) is 0.603. The van der Waals surface area contributed by atoms with Crippen molar-refractivity contribution in [3.8, 4) is 0 Å². The van der Waals surface area contributed by atoms with Gasteiger partial charge in [-0.05, 0) is 12.8 Å².